The quantitative estimate of drug-likeness (QED) is 0.868. The molecule has 2 aromatic rings. The standard InChI is InChI=1S/C12H9BrCl2N2O/c13-10-4-6(14)1-2-8(10)11(18)9-3-7(15)5-17-12(9)16/h1-5,11,18H,(H2,16,17). The van der Waals surface area contributed by atoms with Crippen LogP contribution in [0.2, 0.25) is 10.0 Å². The molecule has 1 aromatic carbocycles. The molecule has 94 valence electrons. The van der Waals surface area contributed by atoms with E-state index in [-0.39, 0.29) is 5.82 Å². The number of halogens is 3. The number of pyridine rings is 1. The first-order valence-corrected chi connectivity index (χ1v) is 6.58. The van der Waals surface area contributed by atoms with Gasteiger partial charge >= 0.3 is 0 Å². The summed E-state index contributed by atoms with van der Waals surface area (Å²) in [6.07, 6.45) is 0.521. The Labute approximate surface area is 123 Å². The molecule has 1 atom stereocenters. The lowest BCUT2D eigenvalue weighted by Crippen LogP contribution is -2.06. The van der Waals surface area contributed by atoms with Crippen molar-refractivity contribution in [3.05, 3.63) is 56.1 Å². The van der Waals surface area contributed by atoms with Crippen LogP contribution >= 0.6 is 39.1 Å². The fraction of sp³-hybridized carbons (Fsp3) is 0.0833. The number of rotatable bonds is 2. The molecule has 1 heterocycles. The van der Waals surface area contributed by atoms with Gasteiger partial charge in [-0.1, -0.05) is 45.2 Å². The van der Waals surface area contributed by atoms with Crippen LogP contribution in [0, 0.1) is 0 Å². The zero-order valence-corrected chi connectivity index (χ0v) is 12.2. The Morgan fingerprint density at radius 2 is 1.89 bits per heavy atom. The van der Waals surface area contributed by atoms with Crippen molar-refractivity contribution >= 4 is 44.9 Å². The maximum Gasteiger partial charge on any atom is 0.129 e. The molecule has 0 aliphatic rings. The summed E-state index contributed by atoms with van der Waals surface area (Å²) in [5.74, 6) is 0.244. The molecule has 1 unspecified atom stereocenters. The van der Waals surface area contributed by atoms with Crippen LogP contribution in [0.3, 0.4) is 0 Å². The Hall–Kier alpha value is -0.810. The molecule has 3 nitrogen and oxygen atoms in total. The van der Waals surface area contributed by atoms with E-state index >= 15 is 0 Å². The summed E-state index contributed by atoms with van der Waals surface area (Å²) in [6, 6.07) is 6.71. The van der Waals surface area contributed by atoms with E-state index in [0.717, 1.165) is 0 Å². The molecule has 0 aliphatic carbocycles. The monoisotopic (exact) mass is 346 g/mol. The lowest BCUT2D eigenvalue weighted by molar-refractivity contribution is 0.220. The van der Waals surface area contributed by atoms with Gasteiger partial charge in [0.2, 0.25) is 0 Å². The number of aliphatic hydroxyl groups is 1. The lowest BCUT2D eigenvalue weighted by atomic mass is 10.0. The highest BCUT2D eigenvalue weighted by Gasteiger charge is 2.17. The van der Waals surface area contributed by atoms with E-state index in [1.165, 1.54) is 6.20 Å². The molecule has 2 rings (SSSR count). The summed E-state index contributed by atoms with van der Waals surface area (Å²) in [6.45, 7) is 0. The van der Waals surface area contributed by atoms with Gasteiger partial charge in [-0.25, -0.2) is 4.98 Å². The third kappa shape index (κ3) is 2.78. The van der Waals surface area contributed by atoms with Crippen molar-refractivity contribution in [3.8, 4) is 0 Å². The molecular formula is C12H9BrCl2N2O. The van der Waals surface area contributed by atoms with Crippen molar-refractivity contribution in [2.24, 2.45) is 0 Å². The Bertz CT molecular complexity index is 592. The second-order valence-electron chi connectivity index (χ2n) is 3.70. The van der Waals surface area contributed by atoms with E-state index in [4.69, 9.17) is 28.9 Å². The molecule has 0 aliphatic heterocycles. The van der Waals surface area contributed by atoms with Crippen LogP contribution < -0.4 is 5.73 Å². The van der Waals surface area contributed by atoms with Crippen molar-refractivity contribution in [1.29, 1.82) is 0 Å². The number of hydrogen-bond donors (Lipinski definition) is 2. The SMILES string of the molecule is Nc1ncc(Cl)cc1C(O)c1ccc(Cl)cc1Br. The highest BCUT2D eigenvalue weighted by atomic mass is 79.9. The number of nitrogens with zero attached hydrogens (tertiary/aromatic N) is 1. The highest BCUT2D eigenvalue weighted by molar-refractivity contribution is 9.10. The van der Waals surface area contributed by atoms with Crippen molar-refractivity contribution in [3.63, 3.8) is 0 Å². The average Bonchev–Trinajstić information content (AvgIpc) is 2.31. The molecule has 1 aromatic heterocycles. The third-order valence-electron chi connectivity index (χ3n) is 2.47. The van der Waals surface area contributed by atoms with E-state index in [0.29, 0.717) is 25.6 Å². The zero-order valence-electron chi connectivity index (χ0n) is 9.07. The molecule has 0 radical (unpaired) electrons. The first-order valence-electron chi connectivity index (χ1n) is 5.03. The number of nitrogens with two attached hydrogens (primary N) is 1. The Morgan fingerprint density at radius 1 is 1.17 bits per heavy atom. The van der Waals surface area contributed by atoms with E-state index in [2.05, 4.69) is 20.9 Å². The third-order valence-corrected chi connectivity index (χ3v) is 3.60. The second-order valence-corrected chi connectivity index (χ2v) is 5.42. The maximum atomic E-state index is 10.3. The van der Waals surface area contributed by atoms with E-state index in [9.17, 15) is 5.11 Å². The minimum absolute atomic E-state index is 0.244. The number of nitrogen functional groups attached to an aromatic ring is 1. The zero-order chi connectivity index (χ0) is 13.3. The van der Waals surface area contributed by atoms with Crippen LogP contribution in [0.25, 0.3) is 0 Å². The van der Waals surface area contributed by atoms with Crippen molar-refractivity contribution < 1.29 is 5.11 Å². The lowest BCUT2D eigenvalue weighted by Gasteiger charge is -2.15. The van der Waals surface area contributed by atoms with Crippen LogP contribution in [0.1, 0.15) is 17.2 Å². The largest absolute Gasteiger partial charge is 0.383 e. The van der Waals surface area contributed by atoms with Crippen LogP contribution in [-0.2, 0) is 0 Å². The topological polar surface area (TPSA) is 59.1 Å². The number of benzene rings is 1. The van der Waals surface area contributed by atoms with Gasteiger partial charge in [-0.15, -0.1) is 0 Å². The summed E-state index contributed by atoms with van der Waals surface area (Å²) in [4.78, 5) is 3.92. The van der Waals surface area contributed by atoms with Crippen molar-refractivity contribution in [2.45, 2.75) is 6.10 Å². The summed E-state index contributed by atoms with van der Waals surface area (Å²) in [5.41, 5.74) is 6.85. The van der Waals surface area contributed by atoms with Crippen LogP contribution in [0.5, 0.6) is 0 Å². The average molecular weight is 348 g/mol. The molecule has 0 amide bonds. The molecule has 0 spiro atoms. The summed E-state index contributed by atoms with van der Waals surface area (Å²) < 4.78 is 0.696. The normalized spacial score (nSPS) is 12.4. The van der Waals surface area contributed by atoms with Gasteiger partial charge in [0.25, 0.3) is 0 Å². The van der Waals surface area contributed by atoms with Gasteiger partial charge in [0.15, 0.2) is 0 Å². The molecule has 18 heavy (non-hydrogen) atoms. The molecule has 0 saturated carbocycles. The second kappa shape index (κ2) is 5.45. The smallest absolute Gasteiger partial charge is 0.129 e. The number of aliphatic hydroxyl groups excluding tert-OH is 1. The maximum absolute atomic E-state index is 10.3. The van der Waals surface area contributed by atoms with Crippen LogP contribution in [0.4, 0.5) is 5.82 Å². The van der Waals surface area contributed by atoms with Gasteiger partial charge in [0.05, 0.1) is 5.02 Å². The van der Waals surface area contributed by atoms with Gasteiger partial charge in [-0.3, -0.25) is 0 Å². The minimum Gasteiger partial charge on any atom is -0.383 e. The van der Waals surface area contributed by atoms with Gasteiger partial charge in [-0.2, -0.15) is 0 Å². The molecular weight excluding hydrogens is 339 g/mol. The van der Waals surface area contributed by atoms with Gasteiger partial charge in [0, 0.05) is 21.3 Å². The van der Waals surface area contributed by atoms with Crippen LogP contribution in [-0.4, -0.2) is 10.1 Å². The highest BCUT2D eigenvalue weighted by Crippen LogP contribution is 2.33. The molecule has 0 saturated heterocycles. The van der Waals surface area contributed by atoms with E-state index in [1.807, 2.05) is 0 Å². The molecule has 3 N–H and O–H groups in total. The predicted molar refractivity (Wildman–Crippen MR) is 76.9 cm³/mol. The van der Waals surface area contributed by atoms with Gasteiger partial charge in [0.1, 0.15) is 11.9 Å². The molecule has 0 bridgehead atoms. The van der Waals surface area contributed by atoms with Gasteiger partial charge < -0.3 is 10.8 Å². The van der Waals surface area contributed by atoms with Crippen molar-refractivity contribution in [2.75, 3.05) is 5.73 Å². The summed E-state index contributed by atoms with van der Waals surface area (Å²) in [7, 11) is 0. The predicted octanol–water partition coefficient (Wildman–Crippen LogP) is 3.81. The summed E-state index contributed by atoms with van der Waals surface area (Å²) >= 11 is 15.1. The van der Waals surface area contributed by atoms with Crippen LogP contribution in [0.15, 0.2) is 34.9 Å². The Kier molecular flexibility index (Phi) is 4.12. The first kappa shape index (κ1) is 13.6. The Morgan fingerprint density at radius 3 is 2.56 bits per heavy atom. The fourth-order valence-corrected chi connectivity index (χ4v) is 2.64. The number of hydrogen-bond acceptors (Lipinski definition) is 3. The number of aromatic nitrogens is 1. The number of anilines is 1. The summed E-state index contributed by atoms with van der Waals surface area (Å²) in [5, 5.41) is 11.3. The minimum atomic E-state index is -0.914. The fourth-order valence-electron chi connectivity index (χ4n) is 1.58. The Balaban J connectivity index is 2.47. The van der Waals surface area contributed by atoms with Gasteiger partial charge in [-0.05, 0) is 23.8 Å². The molecule has 6 heteroatoms. The first-order chi connectivity index (χ1) is 8.49. The van der Waals surface area contributed by atoms with E-state index in [1.54, 1.807) is 24.3 Å². The molecule has 0 fully saturated rings. The van der Waals surface area contributed by atoms with Crippen molar-refractivity contribution in [1.82, 2.24) is 4.98 Å². The van der Waals surface area contributed by atoms with E-state index < -0.39 is 6.10 Å².